The van der Waals surface area contributed by atoms with Gasteiger partial charge in [0.25, 0.3) is 0 Å². The highest BCUT2D eigenvalue weighted by molar-refractivity contribution is 5.71. The molecule has 0 radical (unpaired) electrons. The van der Waals surface area contributed by atoms with Gasteiger partial charge in [0, 0.05) is 12.1 Å². The zero-order valence-corrected chi connectivity index (χ0v) is 23.4. The zero-order chi connectivity index (χ0) is 27.6. The maximum atomic E-state index is 15.0. The Kier molecular flexibility index (Phi) is 10.4. The molecule has 0 saturated carbocycles. The van der Waals surface area contributed by atoms with Gasteiger partial charge in [-0.1, -0.05) is 50.1 Å². The van der Waals surface area contributed by atoms with Crippen molar-refractivity contribution in [2.24, 2.45) is 0 Å². The van der Waals surface area contributed by atoms with Crippen LogP contribution in [0.4, 0.5) is 4.39 Å². The van der Waals surface area contributed by atoms with Crippen LogP contribution in [0, 0.1) is 5.82 Å². The van der Waals surface area contributed by atoms with Gasteiger partial charge in [0.2, 0.25) is 0 Å². The van der Waals surface area contributed by atoms with Crippen molar-refractivity contribution >= 4 is 5.97 Å². The van der Waals surface area contributed by atoms with Gasteiger partial charge in [-0.15, -0.1) is 0 Å². The molecule has 1 aliphatic heterocycles. The van der Waals surface area contributed by atoms with Crippen LogP contribution in [-0.2, 0) is 22.7 Å². The van der Waals surface area contributed by atoms with Crippen molar-refractivity contribution in [3.63, 3.8) is 0 Å². The Hall–Kier alpha value is -3.38. The maximum absolute atomic E-state index is 15.0. The molecule has 0 aromatic heterocycles. The van der Waals surface area contributed by atoms with Gasteiger partial charge < -0.3 is 14.2 Å². The van der Waals surface area contributed by atoms with E-state index in [4.69, 9.17) is 14.2 Å². The Balaban J connectivity index is 1.56. The molecule has 208 valence electrons. The van der Waals surface area contributed by atoms with Crippen molar-refractivity contribution in [3.05, 3.63) is 83.2 Å². The van der Waals surface area contributed by atoms with E-state index in [2.05, 4.69) is 17.9 Å². The Morgan fingerprint density at radius 3 is 2.51 bits per heavy atom. The average Bonchev–Trinajstić information content (AvgIpc) is 2.97. The molecule has 0 aliphatic carbocycles. The van der Waals surface area contributed by atoms with E-state index in [9.17, 15) is 9.18 Å². The minimum absolute atomic E-state index is 0.0965. The van der Waals surface area contributed by atoms with E-state index in [1.807, 2.05) is 36.4 Å². The number of nitrogens with zero attached hydrogens (tertiary/aromatic N) is 1. The minimum atomic E-state index is -0.259. The Bertz CT molecular complexity index is 1240. The zero-order valence-electron chi connectivity index (χ0n) is 23.4. The molecule has 6 heteroatoms. The summed E-state index contributed by atoms with van der Waals surface area (Å²) in [5.74, 6) is 1.04. The number of rotatable bonds is 12. The van der Waals surface area contributed by atoms with Crippen LogP contribution >= 0.6 is 0 Å². The summed E-state index contributed by atoms with van der Waals surface area (Å²) >= 11 is 0. The summed E-state index contributed by atoms with van der Waals surface area (Å²) in [6.45, 7) is 5.39. The highest BCUT2D eigenvalue weighted by atomic mass is 19.1. The lowest BCUT2D eigenvalue weighted by Crippen LogP contribution is -2.29. The number of likely N-dealkylation sites (tertiary alicyclic amines) is 1. The number of halogens is 1. The Labute approximate surface area is 231 Å². The van der Waals surface area contributed by atoms with E-state index >= 15 is 0 Å². The first-order valence-corrected chi connectivity index (χ1v) is 14.0. The van der Waals surface area contributed by atoms with E-state index in [1.54, 1.807) is 19.2 Å². The van der Waals surface area contributed by atoms with Crippen molar-refractivity contribution in [1.29, 1.82) is 0 Å². The molecule has 4 rings (SSSR count). The summed E-state index contributed by atoms with van der Waals surface area (Å²) in [7, 11) is 3.03. The molecule has 0 unspecified atom stereocenters. The molecule has 0 bridgehead atoms. The van der Waals surface area contributed by atoms with Crippen molar-refractivity contribution in [1.82, 2.24) is 4.90 Å². The Morgan fingerprint density at radius 2 is 1.77 bits per heavy atom. The molecular formula is C33H40FNO4. The molecule has 1 heterocycles. The van der Waals surface area contributed by atoms with Gasteiger partial charge in [0.15, 0.2) is 0 Å². The highest BCUT2D eigenvalue weighted by Gasteiger charge is 2.18. The SMILES string of the molecule is CCC[C@@H](CC(=O)OC)c1cccc(OCc2ccc(-c3cc(OC)ccc3F)c(CN3CCCCC3)c2)c1. The number of carbonyl (C=O) groups is 1. The molecule has 0 N–H and O–H groups in total. The number of hydrogen-bond donors (Lipinski definition) is 0. The molecule has 0 amide bonds. The second kappa shape index (κ2) is 14.1. The summed E-state index contributed by atoms with van der Waals surface area (Å²) in [6.07, 6.45) is 5.89. The predicted octanol–water partition coefficient (Wildman–Crippen LogP) is 7.51. The first-order chi connectivity index (χ1) is 19.0. The third-order valence-electron chi connectivity index (χ3n) is 7.49. The third kappa shape index (κ3) is 7.82. The van der Waals surface area contributed by atoms with Gasteiger partial charge in [-0.25, -0.2) is 4.39 Å². The number of ether oxygens (including phenoxy) is 3. The van der Waals surface area contributed by atoms with E-state index in [0.29, 0.717) is 24.3 Å². The largest absolute Gasteiger partial charge is 0.497 e. The van der Waals surface area contributed by atoms with Gasteiger partial charge in [0.05, 0.1) is 20.6 Å². The topological polar surface area (TPSA) is 48.0 Å². The molecule has 1 aliphatic rings. The monoisotopic (exact) mass is 533 g/mol. The van der Waals surface area contributed by atoms with E-state index in [-0.39, 0.29) is 17.7 Å². The lowest BCUT2D eigenvalue weighted by Gasteiger charge is -2.27. The maximum Gasteiger partial charge on any atom is 0.306 e. The van der Waals surface area contributed by atoms with Gasteiger partial charge in [-0.3, -0.25) is 9.69 Å². The quantitative estimate of drug-likeness (QED) is 0.226. The third-order valence-corrected chi connectivity index (χ3v) is 7.49. The molecule has 1 saturated heterocycles. The van der Waals surface area contributed by atoms with E-state index in [0.717, 1.165) is 60.5 Å². The molecule has 5 nitrogen and oxygen atoms in total. The summed E-state index contributed by atoms with van der Waals surface area (Å²) in [4.78, 5) is 14.4. The molecule has 1 fully saturated rings. The van der Waals surface area contributed by atoms with Crippen molar-refractivity contribution in [2.45, 2.75) is 64.5 Å². The van der Waals surface area contributed by atoms with E-state index < -0.39 is 0 Å². The number of carbonyl (C=O) groups excluding carboxylic acids is 1. The molecule has 39 heavy (non-hydrogen) atoms. The number of esters is 1. The van der Waals surface area contributed by atoms with Crippen molar-refractivity contribution in [3.8, 4) is 22.6 Å². The van der Waals surface area contributed by atoms with Crippen LogP contribution in [0.1, 0.15) is 68.1 Å². The minimum Gasteiger partial charge on any atom is -0.497 e. The molecule has 3 aromatic rings. The van der Waals surface area contributed by atoms with Crippen LogP contribution in [0.25, 0.3) is 11.1 Å². The normalized spacial score (nSPS) is 14.6. The second-order valence-electron chi connectivity index (χ2n) is 10.3. The van der Waals surface area contributed by atoms with Crippen LogP contribution < -0.4 is 9.47 Å². The number of methoxy groups -OCH3 is 2. The van der Waals surface area contributed by atoms with Gasteiger partial charge in [-0.2, -0.15) is 0 Å². The van der Waals surface area contributed by atoms with Gasteiger partial charge >= 0.3 is 5.97 Å². The fraction of sp³-hybridized carbons (Fsp3) is 0.424. The Morgan fingerprint density at radius 1 is 0.949 bits per heavy atom. The van der Waals surface area contributed by atoms with Crippen LogP contribution in [0.15, 0.2) is 60.7 Å². The summed E-state index contributed by atoms with van der Waals surface area (Å²) < 4.78 is 31.5. The molecular weight excluding hydrogens is 493 g/mol. The summed E-state index contributed by atoms with van der Waals surface area (Å²) in [6, 6.07) is 19.0. The predicted molar refractivity (Wildman–Crippen MR) is 153 cm³/mol. The van der Waals surface area contributed by atoms with Crippen LogP contribution in [0.2, 0.25) is 0 Å². The van der Waals surface area contributed by atoms with Gasteiger partial charge in [0.1, 0.15) is 23.9 Å². The van der Waals surface area contributed by atoms with Crippen molar-refractivity contribution in [2.75, 3.05) is 27.3 Å². The first kappa shape index (κ1) is 28.6. The van der Waals surface area contributed by atoms with Crippen LogP contribution in [-0.4, -0.2) is 38.2 Å². The van der Waals surface area contributed by atoms with E-state index in [1.165, 1.54) is 32.4 Å². The second-order valence-corrected chi connectivity index (χ2v) is 10.3. The smallest absolute Gasteiger partial charge is 0.306 e. The van der Waals surface area contributed by atoms with Gasteiger partial charge in [-0.05, 0) is 90.9 Å². The van der Waals surface area contributed by atoms with Crippen LogP contribution in [0.3, 0.4) is 0 Å². The molecule has 1 atom stereocenters. The number of piperidine rings is 1. The van der Waals surface area contributed by atoms with Crippen molar-refractivity contribution < 1.29 is 23.4 Å². The fourth-order valence-corrected chi connectivity index (χ4v) is 5.37. The van der Waals surface area contributed by atoms with Crippen LogP contribution in [0.5, 0.6) is 11.5 Å². The lowest BCUT2D eigenvalue weighted by molar-refractivity contribution is -0.141. The fourth-order valence-electron chi connectivity index (χ4n) is 5.37. The lowest BCUT2D eigenvalue weighted by atomic mass is 9.91. The molecule has 3 aromatic carbocycles. The highest BCUT2D eigenvalue weighted by Crippen LogP contribution is 2.33. The first-order valence-electron chi connectivity index (χ1n) is 14.0. The average molecular weight is 534 g/mol. The number of hydrogen-bond acceptors (Lipinski definition) is 5. The number of benzene rings is 3. The summed E-state index contributed by atoms with van der Waals surface area (Å²) in [5, 5.41) is 0. The standard InChI is InChI=1S/C33H40FNO4/c1-4-9-25(20-33(36)38-3)26-10-8-11-29(19-26)39-23-24-12-14-30(31-21-28(37-2)13-15-32(31)34)27(18-24)22-35-16-6-5-7-17-35/h8,10-15,18-19,21,25H,4-7,9,16-17,20,22-23H2,1-3H3/t25-/m0/s1. The summed E-state index contributed by atoms with van der Waals surface area (Å²) in [5.41, 5.74) is 4.62. The molecule has 0 spiro atoms.